The maximum atomic E-state index is 15.0. The van der Waals surface area contributed by atoms with Crippen molar-refractivity contribution in [1.29, 1.82) is 0 Å². The van der Waals surface area contributed by atoms with Crippen molar-refractivity contribution in [3.63, 3.8) is 0 Å². The molecule has 4 aliphatic carbocycles. The largest absolute Gasteiger partial charge is 0.456 e. The zero-order valence-electron chi connectivity index (χ0n) is 23.2. The van der Waals surface area contributed by atoms with Crippen molar-refractivity contribution < 1.29 is 36.4 Å². The van der Waals surface area contributed by atoms with Crippen LogP contribution in [0.3, 0.4) is 0 Å². The van der Waals surface area contributed by atoms with Crippen LogP contribution in [0.25, 0.3) is 0 Å². The van der Waals surface area contributed by atoms with E-state index in [2.05, 4.69) is 0 Å². The fourth-order valence-electron chi connectivity index (χ4n) is 7.78. The number of carbonyl (C=O) groups is 1. The molecule has 1 aromatic rings. The molecule has 0 saturated heterocycles. The van der Waals surface area contributed by atoms with E-state index in [0.29, 0.717) is 31.0 Å². The van der Waals surface area contributed by atoms with Crippen LogP contribution < -0.4 is 5.30 Å². The van der Waals surface area contributed by atoms with E-state index in [-0.39, 0.29) is 101 Å². The number of benzene rings is 1. The molecule has 258 valence electrons. The summed E-state index contributed by atoms with van der Waals surface area (Å²) in [6.45, 7) is 4.70. The second kappa shape index (κ2) is 15.7. The summed E-state index contributed by atoms with van der Waals surface area (Å²) in [5, 5.41) is 12.0. The summed E-state index contributed by atoms with van der Waals surface area (Å²) in [6.07, 6.45) is -2.85. The predicted molar refractivity (Wildman–Crippen MR) is 193 cm³/mol. The normalized spacial score (nSPS) is 29.1. The number of aliphatic hydroxyl groups is 1. The van der Waals surface area contributed by atoms with Crippen LogP contribution in [-0.4, -0.2) is 41.9 Å². The van der Waals surface area contributed by atoms with Crippen molar-refractivity contribution in [3.05, 3.63) is 52.6 Å². The Kier molecular flexibility index (Phi) is 17.1. The summed E-state index contributed by atoms with van der Waals surface area (Å²) in [7, 11) is -2.55. The van der Waals surface area contributed by atoms with Crippen LogP contribution in [-0.2, 0) is 9.36 Å². The molecule has 0 amide bonds. The van der Waals surface area contributed by atoms with Gasteiger partial charge in [-0.05, 0) is 86.5 Å². The van der Waals surface area contributed by atoms with E-state index in [0.717, 1.165) is 22.3 Å². The zero-order chi connectivity index (χ0) is 27.2. The van der Waals surface area contributed by atoms with E-state index in [9.17, 15) is 27.6 Å². The van der Waals surface area contributed by atoms with Crippen LogP contribution >= 0.6 is 61.1 Å². The molecule has 0 aliphatic heterocycles. The molecule has 13 heteroatoms. The Bertz CT molecular complexity index is 1260. The quantitative estimate of drug-likeness (QED) is 0.250. The molecular formula is C31H52F5O3PS4. The lowest BCUT2D eigenvalue weighted by atomic mass is 9.50. The minimum absolute atomic E-state index is 0. The predicted octanol–water partition coefficient (Wildman–Crippen LogP) is 9.12. The maximum Gasteiger partial charge on any atom is 0.456 e. The van der Waals surface area contributed by atoms with E-state index in [1.54, 1.807) is 43.7 Å². The van der Waals surface area contributed by atoms with Crippen molar-refractivity contribution in [2.75, 3.05) is 13.3 Å². The summed E-state index contributed by atoms with van der Waals surface area (Å²) >= 11 is 0. The summed E-state index contributed by atoms with van der Waals surface area (Å²) in [6, 6.07) is 7.05. The number of hydrogen-bond donors (Lipinski definition) is 1. The average molecular weight is 727 g/mol. The van der Waals surface area contributed by atoms with Crippen LogP contribution in [0.1, 0.15) is 85.6 Å². The van der Waals surface area contributed by atoms with Crippen LogP contribution in [0, 0.1) is 17.3 Å². The minimum atomic E-state index is -5.87. The SMILES string of the molecule is C.C.C.C[C@]12C[C@H](c3ccc(P(C)(C)=O)cc3)C3=C4CCC(=O)C=C4CC[C@H]3[C@@H]1CC[C@@]2(O)C(F)(F)C(F)(F)F.S.S.S.S. The first-order valence-electron chi connectivity index (χ1n) is 12.8. The fourth-order valence-corrected chi connectivity index (χ4v) is 8.65. The number of halogens is 5. The Hall–Kier alpha value is -0.390. The minimum Gasteiger partial charge on any atom is -0.383 e. The Labute approximate surface area is 288 Å². The van der Waals surface area contributed by atoms with Gasteiger partial charge in [0.15, 0.2) is 5.78 Å². The molecule has 3 nitrogen and oxygen atoms in total. The highest BCUT2D eigenvalue weighted by molar-refractivity contribution is 7.70. The third kappa shape index (κ3) is 7.20. The topological polar surface area (TPSA) is 54.4 Å². The van der Waals surface area contributed by atoms with E-state index in [1.165, 1.54) is 6.92 Å². The lowest BCUT2D eigenvalue weighted by Crippen LogP contribution is -2.65. The molecule has 5 rings (SSSR count). The van der Waals surface area contributed by atoms with E-state index >= 15 is 8.78 Å². The molecule has 4 aliphatic rings. The van der Waals surface area contributed by atoms with Gasteiger partial charge in [0.05, 0.1) is 0 Å². The van der Waals surface area contributed by atoms with Crippen LogP contribution in [0.15, 0.2) is 47.1 Å². The molecule has 0 heterocycles. The Morgan fingerprint density at radius 2 is 1.43 bits per heavy atom. The highest BCUT2D eigenvalue weighted by Gasteiger charge is 2.79. The molecule has 1 aromatic carbocycles. The molecule has 5 atom stereocenters. The van der Waals surface area contributed by atoms with Crippen molar-refractivity contribution in [2.45, 2.75) is 97.8 Å². The summed E-state index contributed by atoms with van der Waals surface area (Å²) in [5.41, 5.74) is -1.17. The Balaban J connectivity index is -0.00000240. The number of alkyl halides is 5. The average Bonchev–Trinajstić information content (AvgIpc) is 3.09. The second-order valence-corrected chi connectivity index (χ2v) is 15.1. The first-order valence-corrected chi connectivity index (χ1v) is 15.4. The number of rotatable bonds is 3. The number of ketones is 1. The number of fused-ring (bicyclic) bond motifs is 4. The van der Waals surface area contributed by atoms with Gasteiger partial charge < -0.3 is 9.67 Å². The molecule has 0 radical (unpaired) electrons. The van der Waals surface area contributed by atoms with Gasteiger partial charge in [0, 0.05) is 23.1 Å². The lowest BCUT2D eigenvalue weighted by Gasteiger charge is -2.56. The molecule has 1 N–H and O–H groups in total. The summed E-state index contributed by atoms with van der Waals surface area (Å²) < 4.78 is 83.5. The highest BCUT2D eigenvalue weighted by atomic mass is 32.1. The van der Waals surface area contributed by atoms with Crippen molar-refractivity contribution in [2.24, 2.45) is 17.3 Å². The smallest absolute Gasteiger partial charge is 0.383 e. The van der Waals surface area contributed by atoms with Gasteiger partial charge in [0.2, 0.25) is 0 Å². The monoisotopic (exact) mass is 726 g/mol. The molecular weight excluding hydrogens is 675 g/mol. The van der Waals surface area contributed by atoms with E-state index in [4.69, 9.17) is 0 Å². The van der Waals surface area contributed by atoms with Crippen LogP contribution in [0.5, 0.6) is 0 Å². The highest BCUT2D eigenvalue weighted by Crippen LogP contribution is 2.70. The van der Waals surface area contributed by atoms with Gasteiger partial charge >= 0.3 is 12.1 Å². The molecule has 0 aromatic heterocycles. The van der Waals surface area contributed by atoms with Gasteiger partial charge in [-0.15, -0.1) is 0 Å². The van der Waals surface area contributed by atoms with Crippen LogP contribution in [0.2, 0.25) is 0 Å². The molecule has 0 bridgehead atoms. The molecule has 2 saturated carbocycles. The van der Waals surface area contributed by atoms with Gasteiger partial charge in [-0.1, -0.05) is 59.0 Å². The third-order valence-corrected chi connectivity index (χ3v) is 11.2. The number of hydrogen-bond acceptors (Lipinski definition) is 3. The fraction of sp³-hybridized carbons (Fsp3) is 0.645. The molecule has 0 spiro atoms. The Morgan fingerprint density at radius 1 is 0.886 bits per heavy atom. The summed E-state index contributed by atoms with van der Waals surface area (Å²) in [5.74, 6) is -6.49. The van der Waals surface area contributed by atoms with Gasteiger partial charge in [-0.3, -0.25) is 4.79 Å². The Morgan fingerprint density at radius 3 is 1.93 bits per heavy atom. The van der Waals surface area contributed by atoms with Crippen LogP contribution in [0.4, 0.5) is 22.0 Å². The first-order chi connectivity index (χ1) is 17.0. The number of carbonyl (C=O) groups excluding carboxylic acids is 1. The van der Waals surface area contributed by atoms with E-state index in [1.807, 2.05) is 0 Å². The second-order valence-electron chi connectivity index (χ2n) is 11.9. The van der Waals surface area contributed by atoms with Gasteiger partial charge in [0.25, 0.3) is 0 Å². The molecule has 2 fully saturated rings. The van der Waals surface area contributed by atoms with Gasteiger partial charge in [-0.25, -0.2) is 0 Å². The van der Waals surface area contributed by atoms with E-state index < -0.39 is 48.5 Å². The van der Waals surface area contributed by atoms with Gasteiger partial charge in [0.1, 0.15) is 12.7 Å². The van der Waals surface area contributed by atoms with Crippen molar-refractivity contribution in [3.8, 4) is 0 Å². The standard InChI is InChI=1S/C28H32F5O3P.3CH4.4H2S/c1-25-15-22(16-4-8-19(9-5-16)37(2,3)36)24-20-11-7-18(34)14-17(20)6-10-21(24)23(25)12-13-26(25,35)27(29,30)28(31,32)33;;;;;;;/h4-5,8-9,14,21-23,35H,6-7,10-13,15H2,1-3H3;3*1H4;4*1H2/t21-,22+,23-,25-,26-;;;;;;;/m0......./s1. The van der Waals surface area contributed by atoms with Crippen molar-refractivity contribution >= 4 is 72.2 Å². The maximum absolute atomic E-state index is 15.0. The zero-order valence-corrected chi connectivity index (χ0v) is 28.1. The molecule has 0 unspecified atom stereocenters. The first kappa shape index (κ1) is 48.0. The van der Waals surface area contributed by atoms with Crippen molar-refractivity contribution in [1.82, 2.24) is 0 Å². The third-order valence-electron chi connectivity index (χ3n) is 9.68. The summed E-state index contributed by atoms with van der Waals surface area (Å²) in [4.78, 5) is 12.1. The molecule has 44 heavy (non-hydrogen) atoms. The van der Waals surface area contributed by atoms with Gasteiger partial charge in [-0.2, -0.15) is 75.9 Å². The number of allylic oxidation sites excluding steroid dienone is 4. The lowest BCUT2D eigenvalue weighted by molar-refractivity contribution is -0.362.